The summed E-state index contributed by atoms with van der Waals surface area (Å²) in [5.74, 6) is 0.731. The molecule has 0 saturated carbocycles. The smallest absolute Gasteiger partial charge is 0.410 e. The van der Waals surface area contributed by atoms with Gasteiger partial charge >= 0.3 is 6.09 Å². The van der Waals surface area contributed by atoms with Crippen molar-refractivity contribution in [3.05, 3.63) is 71.3 Å². The van der Waals surface area contributed by atoms with Gasteiger partial charge in [-0.25, -0.2) is 4.79 Å². The largest absolute Gasteiger partial charge is 0.482 e. The normalized spacial score (nSPS) is 17.1. The molecule has 0 unspecified atom stereocenters. The Morgan fingerprint density at radius 2 is 1.69 bits per heavy atom. The van der Waals surface area contributed by atoms with E-state index in [2.05, 4.69) is 17.5 Å². The highest BCUT2D eigenvalue weighted by Gasteiger charge is 2.40. The Kier molecular flexibility index (Phi) is 5.71. The van der Waals surface area contributed by atoms with Crippen molar-refractivity contribution in [1.29, 1.82) is 0 Å². The van der Waals surface area contributed by atoms with Gasteiger partial charge in [-0.15, -0.1) is 0 Å². The van der Waals surface area contributed by atoms with Gasteiger partial charge in [-0.2, -0.15) is 0 Å². The zero-order valence-electron chi connectivity index (χ0n) is 19.1. The first-order valence-corrected chi connectivity index (χ1v) is 11.0. The summed E-state index contributed by atoms with van der Waals surface area (Å²) in [6, 6.07) is 15.6. The minimum atomic E-state index is -0.513. The van der Waals surface area contributed by atoms with Gasteiger partial charge in [0.2, 0.25) is 0 Å². The van der Waals surface area contributed by atoms with Crippen LogP contribution < -0.4 is 10.1 Å². The molecule has 2 amide bonds. The Bertz CT molecular complexity index is 1040. The third-order valence-electron chi connectivity index (χ3n) is 5.84. The number of fused-ring (bicyclic) bond motifs is 1. The molecule has 32 heavy (non-hydrogen) atoms. The second kappa shape index (κ2) is 8.34. The van der Waals surface area contributed by atoms with Gasteiger partial charge in [0, 0.05) is 44.1 Å². The van der Waals surface area contributed by atoms with Gasteiger partial charge in [0.25, 0.3) is 5.91 Å². The van der Waals surface area contributed by atoms with Gasteiger partial charge in [0.15, 0.2) is 0 Å². The van der Waals surface area contributed by atoms with Crippen LogP contribution in [-0.4, -0.2) is 48.2 Å². The first kappa shape index (κ1) is 21.9. The lowest BCUT2D eigenvalue weighted by Crippen LogP contribution is -2.50. The van der Waals surface area contributed by atoms with Crippen LogP contribution in [0.25, 0.3) is 5.57 Å². The predicted octanol–water partition coefficient (Wildman–Crippen LogP) is 4.64. The van der Waals surface area contributed by atoms with Gasteiger partial charge in [-0.05, 0) is 56.2 Å². The number of hydrogen-bond acceptors (Lipinski definition) is 4. The third-order valence-corrected chi connectivity index (χ3v) is 5.84. The number of likely N-dealkylation sites (tertiary alicyclic amines) is 1. The maximum absolute atomic E-state index is 12.5. The monoisotopic (exact) mass is 434 g/mol. The van der Waals surface area contributed by atoms with E-state index >= 15 is 0 Å². The predicted molar refractivity (Wildman–Crippen MR) is 124 cm³/mol. The lowest BCUT2D eigenvalue weighted by molar-refractivity contribution is -0.00116. The molecule has 2 aromatic carbocycles. The van der Waals surface area contributed by atoms with Gasteiger partial charge < -0.3 is 19.7 Å². The van der Waals surface area contributed by atoms with Crippen molar-refractivity contribution < 1.29 is 19.1 Å². The van der Waals surface area contributed by atoms with Crippen molar-refractivity contribution in [1.82, 2.24) is 10.2 Å². The van der Waals surface area contributed by atoms with Crippen molar-refractivity contribution in [2.45, 2.75) is 44.8 Å². The summed E-state index contributed by atoms with van der Waals surface area (Å²) in [4.78, 5) is 26.2. The molecule has 1 spiro atoms. The molecule has 2 aliphatic rings. The fourth-order valence-corrected chi connectivity index (χ4v) is 4.19. The maximum atomic E-state index is 12.5. The minimum absolute atomic E-state index is 0.108. The summed E-state index contributed by atoms with van der Waals surface area (Å²) >= 11 is 0. The van der Waals surface area contributed by atoms with E-state index in [1.54, 1.807) is 11.9 Å². The summed E-state index contributed by atoms with van der Waals surface area (Å²) in [7, 11) is 1.63. The van der Waals surface area contributed by atoms with Crippen LogP contribution >= 0.6 is 0 Å². The Labute approximate surface area is 189 Å². The van der Waals surface area contributed by atoms with Crippen LogP contribution in [0.15, 0.2) is 54.6 Å². The van der Waals surface area contributed by atoms with E-state index in [0.29, 0.717) is 31.5 Å². The number of rotatable bonds is 2. The zero-order valence-corrected chi connectivity index (χ0v) is 19.1. The fraction of sp³-hybridized carbons (Fsp3) is 0.385. The summed E-state index contributed by atoms with van der Waals surface area (Å²) in [5.41, 5.74) is 2.77. The number of carbonyl (C=O) groups is 2. The molecule has 1 saturated heterocycles. The van der Waals surface area contributed by atoms with E-state index in [1.165, 1.54) is 0 Å². The van der Waals surface area contributed by atoms with Crippen LogP contribution in [0.4, 0.5) is 4.79 Å². The second-order valence-electron chi connectivity index (χ2n) is 9.34. The minimum Gasteiger partial charge on any atom is -0.482 e. The van der Waals surface area contributed by atoms with E-state index in [4.69, 9.17) is 9.47 Å². The van der Waals surface area contributed by atoms with E-state index in [-0.39, 0.29) is 12.0 Å². The molecule has 6 heteroatoms. The van der Waals surface area contributed by atoms with Gasteiger partial charge in [-0.1, -0.05) is 30.3 Å². The lowest BCUT2D eigenvalue weighted by atomic mass is 9.83. The van der Waals surface area contributed by atoms with Crippen LogP contribution in [0.3, 0.4) is 0 Å². The SMILES string of the molecule is CNC(=O)c1ccc(C2=CC3(CCN(C(=O)OC(C)(C)C)CC3)Oc3ccccc32)cc1. The molecule has 4 rings (SSSR count). The number of benzene rings is 2. The highest BCUT2D eigenvalue weighted by Crippen LogP contribution is 2.43. The zero-order chi connectivity index (χ0) is 22.9. The van der Waals surface area contributed by atoms with Crippen molar-refractivity contribution >= 4 is 17.6 Å². The maximum Gasteiger partial charge on any atom is 0.410 e. The molecule has 0 radical (unpaired) electrons. The topological polar surface area (TPSA) is 67.9 Å². The highest BCUT2D eigenvalue weighted by molar-refractivity contribution is 5.95. The van der Waals surface area contributed by atoms with Gasteiger partial charge in [0.05, 0.1) is 0 Å². The second-order valence-corrected chi connectivity index (χ2v) is 9.34. The Morgan fingerprint density at radius 3 is 2.31 bits per heavy atom. The molecule has 0 aliphatic carbocycles. The number of ether oxygens (including phenoxy) is 2. The Hall–Kier alpha value is -3.28. The molecule has 2 heterocycles. The van der Waals surface area contributed by atoms with Crippen LogP contribution in [-0.2, 0) is 4.74 Å². The summed E-state index contributed by atoms with van der Waals surface area (Å²) in [6.07, 6.45) is 3.27. The first-order chi connectivity index (χ1) is 15.2. The average Bonchev–Trinajstić information content (AvgIpc) is 2.77. The summed E-state index contributed by atoms with van der Waals surface area (Å²) in [6.45, 7) is 6.76. The molecule has 2 aliphatic heterocycles. The van der Waals surface area contributed by atoms with Crippen LogP contribution in [0, 0.1) is 0 Å². The van der Waals surface area contributed by atoms with Crippen LogP contribution in [0.5, 0.6) is 5.75 Å². The number of hydrogen-bond donors (Lipinski definition) is 1. The van der Waals surface area contributed by atoms with E-state index < -0.39 is 11.2 Å². The molecular weight excluding hydrogens is 404 g/mol. The molecular formula is C26H30N2O4. The van der Waals surface area contributed by atoms with Crippen LogP contribution in [0.2, 0.25) is 0 Å². The Balaban J connectivity index is 1.61. The van der Waals surface area contributed by atoms with Gasteiger partial charge in [-0.3, -0.25) is 4.79 Å². The van der Waals surface area contributed by atoms with Crippen LogP contribution in [0.1, 0.15) is 55.1 Å². The quantitative estimate of drug-likeness (QED) is 0.748. The fourth-order valence-electron chi connectivity index (χ4n) is 4.19. The summed E-state index contributed by atoms with van der Waals surface area (Å²) in [5, 5.41) is 2.65. The molecule has 6 nitrogen and oxygen atoms in total. The Morgan fingerprint density at radius 1 is 1.03 bits per heavy atom. The number of piperidine rings is 1. The molecule has 0 aromatic heterocycles. The first-order valence-electron chi connectivity index (χ1n) is 11.0. The van der Waals surface area contributed by atoms with Crippen molar-refractivity contribution in [3.8, 4) is 5.75 Å². The highest BCUT2D eigenvalue weighted by atomic mass is 16.6. The van der Waals surface area contributed by atoms with E-state index in [1.807, 2.05) is 63.2 Å². The molecule has 0 bridgehead atoms. The molecule has 0 atom stereocenters. The van der Waals surface area contributed by atoms with E-state index in [9.17, 15) is 9.59 Å². The summed E-state index contributed by atoms with van der Waals surface area (Å²) < 4.78 is 12.0. The van der Waals surface area contributed by atoms with Crippen molar-refractivity contribution in [2.24, 2.45) is 0 Å². The van der Waals surface area contributed by atoms with Crippen molar-refractivity contribution in [3.63, 3.8) is 0 Å². The standard InChI is InChI=1S/C26H30N2O4/c1-25(2,3)32-24(30)28-15-13-26(14-16-28)17-21(20-7-5-6-8-22(20)31-26)18-9-11-19(12-10-18)23(29)27-4/h5-12,17H,13-16H2,1-4H3,(H,27,29). The number of nitrogens with one attached hydrogen (secondary N) is 1. The average molecular weight is 435 g/mol. The van der Waals surface area contributed by atoms with E-state index in [0.717, 1.165) is 22.4 Å². The van der Waals surface area contributed by atoms with Gasteiger partial charge in [0.1, 0.15) is 17.0 Å². The van der Waals surface area contributed by atoms with Crippen molar-refractivity contribution in [2.75, 3.05) is 20.1 Å². The number of para-hydroxylation sites is 1. The number of amides is 2. The lowest BCUT2D eigenvalue weighted by Gasteiger charge is -2.43. The number of carbonyl (C=O) groups excluding carboxylic acids is 2. The number of nitrogens with zero attached hydrogens (tertiary/aromatic N) is 1. The third kappa shape index (κ3) is 4.49. The molecule has 2 aromatic rings. The molecule has 168 valence electrons. The molecule has 1 N–H and O–H groups in total. The molecule has 1 fully saturated rings.